The van der Waals surface area contributed by atoms with Gasteiger partial charge in [0, 0.05) is 12.7 Å². The third-order valence-corrected chi connectivity index (χ3v) is 3.33. The number of carbonyl (C=O) groups excluding carboxylic acids is 1. The Morgan fingerprint density at radius 1 is 0.880 bits per heavy atom. The van der Waals surface area contributed by atoms with Crippen LogP contribution in [0.4, 0.5) is 0 Å². The SMILES string of the molecule is C=CC(=O)OC(C)COC(C)COC(C)COC(C)COCCCC. The second-order valence-electron chi connectivity index (χ2n) is 6.31. The normalized spacial score (nSPS) is 16.0. The molecule has 0 aliphatic rings. The minimum atomic E-state index is -0.446. The molecule has 0 aliphatic carbocycles. The molecule has 0 aliphatic heterocycles. The first-order valence-electron chi connectivity index (χ1n) is 9.14. The topological polar surface area (TPSA) is 63.2 Å². The van der Waals surface area contributed by atoms with Crippen LogP contribution in [0.3, 0.4) is 0 Å². The minimum absolute atomic E-state index is 0.0276. The summed E-state index contributed by atoms with van der Waals surface area (Å²) >= 11 is 0. The number of unbranched alkanes of at least 4 members (excludes halogenated alkanes) is 1. The zero-order valence-electron chi connectivity index (χ0n) is 16.5. The summed E-state index contributed by atoms with van der Waals surface area (Å²) in [5.74, 6) is -0.446. The van der Waals surface area contributed by atoms with E-state index >= 15 is 0 Å². The number of carbonyl (C=O) groups is 1. The van der Waals surface area contributed by atoms with Gasteiger partial charge in [-0.25, -0.2) is 4.79 Å². The van der Waals surface area contributed by atoms with E-state index in [1.807, 2.05) is 20.8 Å². The maximum Gasteiger partial charge on any atom is 0.330 e. The number of hydrogen-bond acceptors (Lipinski definition) is 6. The highest BCUT2D eigenvalue weighted by atomic mass is 16.6. The van der Waals surface area contributed by atoms with Gasteiger partial charge in [0.2, 0.25) is 0 Å². The van der Waals surface area contributed by atoms with Crippen molar-refractivity contribution in [1.29, 1.82) is 0 Å². The fourth-order valence-corrected chi connectivity index (χ4v) is 1.82. The van der Waals surface area contributed by atoms with Crippen LogP contribution in [0.15, 0.2) is 12.7 Å². The van der Waals surface area contributed by atoms with Gasteiger partial charge in [0.05, 0.1) is 44.7 Å². The van der Waals surface area contributed by atoms with E-state index in [1.54, 1.807) is 6.92 Å². The van der Waals surface area contributed by atoms with E-state index in [4.69, 9.17) is 23.7 Å². The minimum Gasteiger partial charge on any atom is -0.457 e. The van der Waals surface area contributed by atoms with E-state index in [0.717, 1.165) is 25.5 Å². The second kappa shape index (κ2) is 15.3. The highest BCUT2D eigenvalue weighted by Gasteiger charge is 2.12. The van der Waals surface area contributed by atoms with E-state index in [1.165, 1.54) is 0 Å². The molecule has 0 fully saturated rings. The third-order valence-electron chi connectivity index (χ3n) is 3.33. The average Bonchev–Trinajstić information content (AvgIpc) is 2.59. The molecule has 0 heterocycles. The fourth-order valence-electron chi connectivity index (χ4n) is 1.82. The van der Waals surface area contributed by atoms with Gasteiger partial charge in [-0.15, -0.1) is 0 Å². The highest BCUT2D eigenvalue weighted by Crippen LogP contribution is 2.03. The summed E-state index contributed by atoms with van der Waals surface area (Å²) in [4.78, 5) is 11.1. The molecule has 0 saturated carbocycles. The largest absolute Gasteiger partial charge is 0.457 e. The van der Waals surface area contributed by atoms with Crippen LogP contribution < -0.4 is 0 Å². The Bertz CT molecular complexity index is 347. The molecule has 6 nitrogen and oxygen atoms in total. The van der Waals surface area contributed by atoms with Crippen molar-refractivity contribution in [2.24, 2.45) is 0 Å². The van der Waals surface area contributed by atoms with Crippen LogP contribution in [0, 0.1) is 0 Å². The van der Waals surface area contributed by atoms with E-state index in [0.29, 0.717) is 26.4 Å². The first-order valence-corrected chi connectivity index (χ1v) is 9.14. The number of ether oxygens (including phenoxy) is 5. The van der Waals surface area contributed by atoms with Gasteiger partial charge in [-0.3, -0.25) is 0 Å². The Kier molecular flexibility index (Phi) is 14.7. The third kappa shape index (κ3) is 15.1. The molecular weight excluding hydrogens is 324 g/mol. The Morgan fingerprint density at radius 2 is 1.36 bits per heavy atom. The molecule has 0 radical (unpaired) electrons. The zero-order chi connectivity index (χ0) is 19.1. The molecule has 25 heavy (non-hydrogen) atoms. The van der Waals surface area contributed by atoms with E-state index in [-0.39, 0.29) is 24.4 Å². The van der Waals surface area contributed by atoms with Crippen molar-refractivity contribution < 1.29 is 28.5 Å². The standard InChI is InChI=1S/C19H36O6/c1-7-9-10-21-11-15(3)22-12-16(4)23-13-17(5)24-14-18(6)25-19(20)8-2/h8,15-18H,2,7,9-14H2,1,3-6H3. The molecule has 0 saturated heterocycles. The lowest BCUT2D eigenvalue weighted by Crippen LogP contribution is -2.28. The number of esters is 1. The van der Waals surface area contributed by atoms with Crippen LogP contribution in [0.5, 0.6) is 0 Å². The first-order chi connectivity index (χ1) is 11.9. The fraction of sp³-hybridized carbons (Fsp3) is 0.842. The van der Waals surface area contributed by atoms with Crippen LogP contribution in [0.1, 0.15) is 47.5 Å². The van der Waals surface area contributed by atoms with Crippen molar-refractivity contribution in [1.82, 2.24) is 0 Å². The molecule has 4 atom stereocenters. The lowest BCUT2D eigenvalue weighted by Gasteiger charge is -2.21. The van der Waals surface area contributed by atoms with Crippen molar-refractivity contribution in [2.45, 2.75) is 71.9 Å². The number of rotatable bonds is 16. The maximum atomic E-state index is 11.1. The lowest BCUT2D eigenvalue weighted by atomic mass is 10.3. The Morgan fingerprint density at radius 3 is 1.84 bits per heavy atom. The van der Waals surface area contributed by atoms with Gasteiger partial charge in [0.25, 0.3) is 0 Å². The van der Waals surface area contributed by atoms with Crippen molar-refractivity contribution in [3.05, 3.63) is 12.7 Å². The average molecular weight is 360 g/mol. The molecule has 0 spiro atoms. The zero-order valence-corrected chi connectivity index (χ0v) is 16.5. The van der Waals surface area contributed by atoms with Gasteiger partial charge in [-0.2, -0.15) is 0 Å². The van der Waals surface area contributed by atoms with Crippen molar-refractivity contribution in [3.8, 4) is 0 Å². The quantitative estimate of drug-likeness (QED) is 0.239. The summed E-state index contributed by atoms with van der Waals surface area (Å²) in [5.41, 5.74) is 0. The summed E-state index contributed by atoms with van der Waals surface area (Å²) in [5, 5.41) is 0. The monoisotopic (exact) mass is 360 g/mol. The Hall–Kier alpha value is -0.950. The second-order valence-corrected chi connectivity index (χ2v) is 6.31. The smallest absolute Gasteiger partial charge is 0.330 e. The maximum absolute atomic E-state index is 11.1. The first kappa shape index (κ1) is 24.1. The van der Waals surface area contributed by atoms with E-state index < -0.39 is 5.97 Å². The summed E-state index contributed by atoms with van der Waals surface area (Å²) in [6, 6.07) is 0. The van der Waals surface area contributed by atoms with Gasteiger partial charge in [0.15, 0.2) is 0 Å². The predicted octanol–water partition coefficient (Wildman–Crippen LogP) is 3.14. The summed E-state index contributed by atoms with van der Waals surface area (Å²) in [6.07, 6.45) is 2.97. The molecule has 4 unspecified atom stereocenters. The van der Waals surface area contributed by atoms with Crippen molar-refractivity contribution in [2.75, 3.05) is 33.0 Å². The molecule has 0 amide bonds. The number of hydrogen-bond donors (Lipinski definition) is 0. The molecule has 0 rings (SSSR count). The van der Waals surface area contributed by atoms with E-state index in [2.05, 4.69) is 13.5 Å². The highest BCUT2D eigenvalue weighted by molar-refractivity contribution is 5.81. The van der Waals surface area contributed by atoms with Gasteiger partial charge >= 0.3 is 5.97 Å². The Balaban J connectivity index is 3.70. The lowest BCUT2D eigenvalue weighted by molar-refractivity contribution is -0.147. The molecule has 6 heteroatoms. The predicted molar refractivity (Wildman–Crippen MR) is 97.7 cm³/mol. The molecule has 0 aromatic rings. The van der Waals surface area contributed by atoms with E-state index in [9.17, 15) is 4.79 Å². The van der Waals surface area contributed by atoms with Crippen LogP contribution >= 0.6 is 0 Å². The molecule has 148 valence electrons. The molecular formula is C19H36O6. The van der Waals surface area contributed by atoms with Crippen LogP contribution in [0.25, 0.3) is 0 Å². The van der Waals surface area contributed by atoms with Gasteiger partial charge in [-0.05, 0) is 34.1 Å². The van der Waals surface area contributed by atoms with Crippen molar-refractivity contribution >= 4 is 5.97 Å². The van der Waals surface area contributed by atoms with Crippen molar-refractivity contribution in [3.63, 3.8) is 0 Å². The summed E-state index contributed by atoms with van der Waals surface area (Å²) in [6.45, 7) is 15.8. The van der Waals surface area contributed by atoms with Gasteiger partial charge in [-0.1, -0.05) is 19.9 Å². The summed E-state index contributed by atoms with van der Waals surface area (Å²) < 4.78 is 27.6. The Labute approximate surface area is 152 Å². The molecule has 0 N–H and O–H groups in total. The van der Waals surface area contributed by atoms with Crippen LogP contribution in [-0.4, -0.2) is 63.4 Å². The van der Waals surface area contributed by atoms with Crippen LogP contribution in [-0.2, 0) is 28.5 Å². The van der Waals surface area contributed by atoms with Gasteiger partial charge in [0.1, 0.15) is 6.10 Å². The van der Waals surface area contributed by atoms with Crippen LogP contribution in [0.2, 0.25) is 0 Å². The molecule has 0 aromatic heterocycles. The molecule has 0 bridgehead atoms. The summed E-state index contributed by atoms with van der Waals surface area (Å²) in [7, 11) is 0. The van der Waals surface area contributed by atoms with Gasteiger partial charge < -0.3 is 23.7 Å². The molecule has 0 aromatic carbocycles.